The van der Waals surface area contributed by atoms with E-state index in [2.05, 4.69) is 4.98 Å². The molecule has 15 heavy (non-hydrogen) atoms. The van der Waals surface area contributed by atoms with E-state index in [-0.39, 0.29) is 5.91 Å². The Morgan fingerprint density at radius 2 is 2.33 bits per heavy atom. The summed E-state index contributed by atoms with van der Waals surface area (Å²) in [6.07, 6.45) is 4.27. The molecule has 80 valence electrons. The molecule has 0 aliphatic heterocycles. The number of nitrogens with zero attached hydrogens (tertiary/aromatic N) is 2. The topological polar surface area (TPSA) is 59.2 Å². The SMILES string of the molecule is CCC(=O)N(c1ccc(N)cn1)C1CC1. The minimum absolute atomic E-state index is 0.134. The molecule has 1 fully saturated rings. The van der Waals surface area contributed by atoms with E-state index < -0.39 is 0 Å². The lowest BCUT2D eigenvalue weighted by Crippen LogP contribution is -2.33. The highest BCUT2D eigenvalue weighted by Gasteiger charge is 2.33. The molecule has 0 aromatic carbocycles. The summed E-state index contributed by atoms with van der Waals surface area (Å²) < 4.78 is 0. The maximum Gasteiger partial charge on any atom is 0.228 e. The summed E-state index contributed by atoms with van der Waals surface area (Å²) in [5.41, 5.74) is 6.18. The van der Waals surface area contributed by atoms with Gasteiger partial charge in [-0.2, -0.15) is 0 Å². The van der Waals surface area contributed by atoms with Gasteiger partial charge in [0.15, 0.2) is 0 Å². The van der Waals surface area contributed by atoms with Crippen LogP contribution in [-0.2, 0) is 4.79 Å². The van der Waals surface area contributed by atoms with E-state index in [4.69, 9.17) is 5.73 Å². The summed E-state index contributed by atoms with van der Waals surface area (Å²) in [5, 5.41) is 0. The van der Waals surface area contributed by atoms with Crippen LogP contribution in [0.2, 0.25) is 0 Å². The van der Waals surface area contributed by atoms with Crippen molar-refractivity contribution < 1.29 is 4.79 Å². The molecule has 1 aliphatic rings. The first-order valence-electron chi connectivity index (χ1n) is 5.26. The van der Waals surface area contributed by atoms with E-state index in [1.54, 1.807) is 23.2 Å². The molecule has 0 radical (unpaired) electrons. The number of carbonyl (C=O) groups is 1. The zero-order valence-corrected chi connectivity index (χ0v) is 8.81. The molecule has 0 unspecified atom stereocenters. The molecule has 4 heteroatoms. The Kier molecular flexibility index (Phi) is 2.58. The second kappa shape index (κ2) is 3.88. The first-order chi connectivity index (χ1) is 7.22. The highest BCUT2D eigenvalue weighted by molar-refractivity contribution is 5.93. The molecule has 1 heterocycles. The van der Waals surface area contributed by atoms with Gasteiger partial charge in [-0.25, -0.2) is 4.98 Å². The fraction of sp³-hybridized carbons (Fsp3) is 0.455. The quantitative estimate of drug-likeness (QED) is 0.814. The van der Waals surface area contributed by atoms with Crippen molar-refractivity contribution in [3.63, 3.8) is 0 Å². The maximum atomic E-state index is 11.7. The van der Waals surface area contributed by atoms with Gasteiger partial charge in [-0.3, -0.25) is 9.69 Å². The summed E-state index contributed by atoms with van der Waals surface area (Å²) in [4.78, 5) is 17.7. The predicted molar refractivity (Wildman–Crippen MR) is 59.4 cm³/mol. The smallest absolute Gasteiger partial charge is 0.228 e. The van der Waals surface area contributed by atoms with E-state index in [0.29, 0.717) is 18.2 Å². The van der Waals surface area contributed by atoms with Gasteiger partial charge in [-0.1, -0.05) is 6.92 Å². The average Bonchev–Trinajstić information content (AvgIpc) is 3.05. The fourth-order valence-corrected chi connectivity index (χ4v) is 1.56. The van der Waals surface area contributed by atoms with Gasteiger partial charge in [-0.15, -0.1) is 0 Å². The van der Waals surface area contributed by atoms with Crippen LogP contribution in [0.25, 0.3) is 0 Å². The first kappa shape index (κ1) is 9.96. The predicted octanol–water partition coefficient (Wildman–Crippen LogP) is 1.57. The Morgan fingerprint density at radius 3 is 2.80 bits per heavy atom. The monoisotopic (exact) mass is 205 g/mol. The Labute approximate surface area is 89.1 Å². The van der Waals surface area contributed by atoms with Crippen molar-refractivity contribution in [2.75, 3.05) is 10.6 Å². The van der Waals surface area contributed by atoms with E-state index in [9.17, 15) is 4.79 Å². The van der Waals surface area contributed by atoms with Crippen molar-refractivity contribution in [3.05, 3.63) is 18.3 Å². The number of aromatic nitrogens is 1. The van der Waals surface area contributed by atoms with Crippen LogP contribution >= 0.6 is 0 Å². The second-order valence-electron chi connectivity index (χ2n) is 3.80. The average molecular weight is 205 g/mol. The van der Waals surface area contributed by atoms with E-state index in [0.717, 1.165) is 18.7 Å². The van der Waals surface area contributed by atoms with Crippen LogP contribution in [0.4, 0.5) is 11.5 Å². The van der Waals surface area contributed by atoms with Crippen molar-refractivity contribution in [1.82, 2.24) is 4.98 Å². The molecule has 1 aliphatic carbocycles. The minimum Gasteiger partial charge on any atom is -0.397 e. The molecule has 0 saturated heterocycles. The molecule has 2 N–H and O–H groups in total. The Hall–Kier alpha value is -1.58. The number of anilines is 2. The number of carbonyl (C=O) groups excluding carboxylic acids is 1. The van der Waals surface area contributed by atoms with Crippen LogP contribution in [0.3, 0.4) is 0 Å². The molecule has 2 rings (SSSR count). The molecule has 1 amide bonds. The first-order valence-corrected chi connectivity index (χ1v) is 5.26. The number of hydrogen-bond donors (Lipinski definition) is 1. The molecule has 0 atom stereocenters. The number of nitrogens with two attached hydrogens (primary N) is 1. The van der Waals surface area contributed by atoms with Crippen LogP contribution in [0.1, 0.15) is 26.2 Å². The third-order valence-electron chi connectivity index (χ3n) is 2.50. The van der Waals surface area contributed by atoms with Crippen LogP contribution in [0.5, 0.6) is 0 Å². The van der Waals surface area contributed by atoms with Crippen molar-refractivity contribution in [2.45, 2.75) is 32.2 Å². The minimum atomic E-state index is 0.134. The zero-order chi connectivity index (χ0) is 10.8. The summed E-state index contributed by atoms with van der Waals surface area (Å²) in [6.45, 7) is 1.87. The number of nitrogen functional groups attached to an aromatic ring is 1. The lowest BCUT2D eigenvalue weighted by molar-refractivity contribution is -0.118. The van der Waals surface area contributed by atoms with Gasteiger partial charge in [0, 0.05) is 12.5 Å². The number of rotatable bonds is 3. The normalized spacial score (nSPS) is 15.0. The lowest BCUT2D eigenvalue weighted by atomic mass is 10.3. The number of amides is 1. The maximum absolute atomic E-state index is 11.7. The van der Waals surface area contributed by atoms with Crippen LogP contribution in [-0.4, -0.2) is 16.9 Å². The van der Waals surface area contributed by atoms with Gasteiger partial charge in [-0.05, 0) is 25.0 Å². The van der Waals surface area contributed by atoms with Crippen molar-refractivity contribution in [2.24, 2.45) is 0 Å². The lowest BCUT2D eigenvalue weighted by Gasteiger charge is -2.20. The Balaban J connectivity index is 2.24. The standard InChI is InChI=1S/C11H15N3O/c1-2-11(15)14(9-4-5-9)10-6-3-8(12)7-13-10/h3,6-7,9H,2,4-5,12H2,1H3. The van der Waals surface area contributed by atoms with E-state index >= 15 is 0 Å². The molecular formula is C11H15N3O. The largest absolute Gasteiger partial charge is 0.397 e. The van der Waals surface area contributed by atoms with Crippen LogP contribution in [0, 0.1) is 0 Å². The van der Waals surface area contributed by atoms with Crippen molar-refractivity contribution in [1.29, 1.82) is 0 Å². The molecule has 4 nitrogen and oxygen atoms in total. The van der Waals surface area contributed by atoms with Crippen molar-refractivity contribution >= 4 is 17.4 Å². The van der Waals surface area contributed by atoms with Gasteiger partial charge >= 0.3 is 0 Å². The molecule has 0 bridgehead atoms. The van der Waals surface area contributed by atoms with Gasteiger partial charge in [0.25, 0.3) is 0 Å². The van der Waals surface area contributed by atoms with Crippen molar-refractivity contribution in [3.8, 4) is 0 Å². The summed E-state index contributed by atoms with van der Waals surface area (Å²) >= 11 is 0. The molecule has 1 saturated carbocycles. The van der Waals surface area contributed by atoms with Gasteiger partial charge in [0.1, 0.15) is 5.82 Å². The second-order valence-corrected chi connectivity index (χ2v) is 3.80. The Bertz CT molecular complexity index is 357. The van der Waals surface area contributed by atoms with Crippen LogP contribution in [0.15, 0.2) is 18.3 Å². The fourth-order valence-electron chi connectivity index (χ4n) is 1.56. The third kappa shape index (κ3) is 2.09. The van der Waals surface area contributed by atoms with Gasteiger partial charge < -0.3 is 5.73 Å². The molecule has 0 spiro atoms. The molecule has 1 aromatic rings. The summed E-state index contributed by atoms with van der Waals surface area (Å²) in [7, 11) is 0. The van der Waals surface area contributed by atoms with E-state index in [1.807, 2.05) is 6.92 Å². The van der Waals surface area contributed by atoms with E-state index in [1.165, 1.54) is 0 Å². The van der Waals surface area contributed by atoms with Gasteiger partial charge in [0.2, 0.25) is 5.91 Å². The number of pyridine rings is 1. The highest BCUT2D eigenvalue weighted by Crippen LogP contribution is 2.31. The number of hydrogen-bond acceptors (Lipinski definition) is 3. The summed E-state index contributed by atoms with van der Waals surface area (Å²) in [6, 6.07) is 3.94. The Morgan fingerprint density at radius 1 is 1.60 bits per heavy atom. The van der Waals surface area contributed by atoms with Crippen LogP contribution < -0.4 is 10.6 Å². The summed E-state index contributed by atoms with van der Waals surface area (Å²) in [5.74, 6) is 0.855. The molecular weight excluding hydrogens is 190 g/mol. The zero-order valence-electron chi connectivity index (χ0n) is 8.81. The highest BCUT2D eigenvalue weighted by atomic mass is 16.2. The van der Waals surface area contributed by atoms with Gasteiger partial charge in [0.05, 0.1) is 11.9 Å². The molecule has 1 aromatic heterocycles. The third-order valence-corrected chi connectivity index (χ3v) is 2.50.